The first-order valence-electron chi connectivity index (χ1n) is 8.23. The van der Waals surface area contributed by atoms with E-state index in [1.807, 2.05) is 0 Å². The summed E-state index contributed by atoms with van der Waals surface area (Å²) in [5.41, 5.74) is 1.40. The van der Waals surface area contributed by atoms with Crippen molar-refractivity contribution in [2.45, 2.75) is 45.2 Å². The van der Waals surface area contributed by atoms with E-state index in [-0.39, 0.29) is 0 Å². The highest BCUT2D eigenvalue weighted by Gasteiger charge is 2.38. The number of benzene rings is 1. The highest BCUT2D eigenvalue weighted by molar-refractivity contribution is 5.81. The number of rotatable bonds is 4. The summed E-state index contributed by atoms with van der Waals surface area (Å²) < 4.78 is 0. The molecule has 2 unspecified atom stereocenters. The second-order valence-electron chi connectivity index (χ2n) is 6.69. The molecular formula is C18H26N2O. The molecule has 3 heteroatoms. The Morgan fingerprint density at radius 2 is 1.71 bits per heavy atom. The summed E-state index contributed by atoms with van der Waals surface area (Å²) in [5, 5.41) is 0. The van der Waals surface area contributed by atoms with Gasteiger partial charge in [-0.05, 0) is 38.7 Å². The predicted molar refractivity (Wildman–Crippen MR) is 85.1 cm³/mol. The minimum Gasteiger partial charge on any atom is -0.339 e. The topological polar surface area (TPSA) is 23.6 Å². The lowest BCUT2D eigenvalue weighted by atomic mass is 10.1. The lowest BCUT2D eigenvalue weighted by Gasteiger charge is -2.44. The molecule has 1 saturated heterocycles. The highest BCUT2D eigenvalue weighted by Crippen LogP contribution is 2.32. The molecule has 1 amide bonds. The Kier molecular flexibility index (Phi) is 4.29. The van der Waals surface area contributed by atoms with Gasteiger partial charge >= 0.3 is 0 Å². The molecule has 2 aliphatic rings. The molecule has 114 valence electrons. The molecule has 0 N–H and O–H groups in total. The molecule has 1 aromatic carbocycles. The van der Waals surface area contributed by atoms with Crippen molar-refractivity contribution in [2.75, 3.05) is 19.6 Å². The third kappa shape index (κ3) is 3.46. The van der Waals surface area contributed by atoms with Gasteiger partial charge in [-0.15, -0.1) is 0 Å². The maximum absolute atomic E-state index is 12.2. The Bertz CT molecular complexity index is 471. The summed E-state index contributed by atoms with van der Waals surface area (Å²) in [6, 6.07) is 11.6. The van der Waals surface area contributed by atoms with Crippen LogP contribution in [0.1, 0.15) is 32.3 Å². The van der Waals surface area contributed by atoms with Gasteiger partial charge in [-0.2, -0.15) is 0 Å². The van der Waals surface area contributed by atoms with Crippen LogP contribution in [0.5, 0.6) is 0 Å². The fourth-order valence-electron chi connectivity index (χ4n) is 3.47. The van der Waals surface area contributed by atoms with Crippen molar-refractivity contribution in [3.05, 3.63) is 35.9 Å². The minimum atomic E-state index is 0.347. The molecule has 1 heterocycles. The van der Waals surface area contributed by atoms with Gasteiger partial charge in [0.05, 0.1) is 0 Å². The van der Waals surface area contributed by atoms with Crippen molar-refractivity contribution in [3.8, 4) is 0 Å². The SMILES string of the molecule is CC1CN(C(=O)C2CC2)CC(C)N1CCc1ccccc1. The maximum atomic E-state index is 12.2. The third-order valence-corrected chi connectivity index (χ3v) is 4.84. The van der Waals surface area contributed by atoms with E-state index in [1.165, 1.54) is 5.56 Å². The molecule has 1 aromatic rings. The Hall–Kier alpha value is -1.35. The normalized spacial score (nSPS) is 26.9. The number of nitrogens with zero attached hydrogens (tertiary/aromatic N) is 2. The number of carbonyl (C=O) groups is 1. The summed E-state index contributed by atoms with van der Waals surface area (Å²) in [6.07, 6.45) is 3.30. The predicted octanol–water partition coefficient (Wildman–Crippen LogP) is 2.56. The molecular weight excluding hydrogens is 260 g/mol. The Morgan fingerprint density at radius 3 is 2.29 bits per heavy atom. The zero-order valence-corrected chi connectivity index (χ0v) is 13.2. The van der Waals surface area contributed by atoms with Gasteiger partial charge in [0.15, 0.2) is 0 Å². The number of amides is 1. The van der Waals surface area contributed by atoms with Crippen LogP contribution in [0, 0.1) is 5.92 Å². The first-order valence-corrected chi connectivity index (χ1v) is 8.23. The van der Waals surface area contributed by atoms with Gasteiger partial charge in [0.1, 0.15) is 0 Å². The maximum Gasteiger partial charge on any atom is 0.225 e. The summed E-state index contributed by atoms with van der Waals surface area (Å²) in [7, 11) is 0. The van der Waals surface area contributed by atoms with Crippen LogP contribution in [0.3, 0.4) is 0 Å². The van der Waals surface area contributed by atoms with Crippen LogP contribution in [0.25, 0.3) is 0 Å². The van der Waals surface area contributed by atoms with Crippen LogP contribution in [0.4, 0.5) is 0 Å². The number of carbonyl (C=O) groups excluding carboxylic acids is 1. The second kappa shape index (κ2) is 6.18. The number of hydrogen-bond acceptors (Lipinski definition) is 2. The van der Waals surface area contributed by atoms with E-state index in [2.05, 4.69) is 54.0 Å². The molecule has 1 aliphatic heterocycles. The monoisotopic (exact) mass is 286 g/mol. The summed E-state index contributed by atoms with van der Waals surface area (Å²) in [6.45, 7) is 7.39. The smallest absolute Gasteiger partial charge is 0.225 e. The van der Waals surface area contributed by atoms with Gasteiger partial charge in [-0.25, -0.2) is 0 Å². The lowest BCUT2D eigenvalue weighted by Crippen LogP contribution is -2.58. The van der Waals surface area contributed by atoms with Crippen molar-refractivity contribution in [1.29, 1.82) is 0 Å². The van der Waals surface area contributed by atoms with Crippen LogP contribution in [0.2, 0.25) is 0 Å². The summed E-state index contributed by atoms with van der Waals surface area (Å²) in [5.74, 6) is 0.747. The van der Waals surface area contributed by atoms with E-state index in [0.717, 1.165) is 38.9 Å². The largest absolute Gasteiger partial charge is 0.339 e. The van der Waals surface area contributed by atoms with Gasteiger partial charge < -0.3 is 4.90 Å². The van der Waals surface area contributed by atoms with E-state index in [0.29, 0.717) is 23.9 Å². The minimum absolute atomic E-state index is 0.347. The Morgan fingerprint density at radius 1 is 1.10 bits per heavy atom. The average Bonchev–Trinajstić information content (AvgIpc) is 3.31. The molecule has 3 rings (SSSR count). The molecule has 0 spiro atoms. The molecule has 0 radical (unpaired) electrons. The summed E-state index contributed by atoms with van der Waals surface area (Å²) in [4.78, 5) is 16.9. The average molecular weight is 286 g/mol. The molecule has 2 fully saturated rings. The summed E-state index contributed by atoms with van der Waals surface area (Å²) >= 11 is 0. The standard InChI is InChI=1S/C18H26N2O/c1-14-12-19(18(21)17-8-9-17)13-15(2)20(14)11-10-16-6-4-3-5-7-16/h3-7,14-15,17H,8-13H2,1-2H3. The fourth-order valence-corrected chi connectivity index (χ4v) is 3.47. The Balaban J connectivity index is 1.56. The molecule has 1 aliphatic carbocycles. The van der Waals surface area contributed by atoms with E-state index in [9.17, 15) is 4.79 Å². The fraction of sp³-hybridized carbons (Fsp3) is 0.611. The van der Waals surface area contributed by atoms with Crippen molar-refractivity contribution in [2.24, 2.45) is 5.92 Å². The van der Waals surface area contributed by atoms with Crippen LogP contribution in [-0.4, -0.2) is 47.4 Å². The van der Waals surface area contributed by atoms with Crippen molar-refractivity contribution >= 4 is 5.91 Å². The number of hydrogen-bond donors (Lipinski definition) is 0. The first-order chi connectivity index (χ1) is 10.1. The highest BCUT2D eigenvalue weighted by atomic mass is 16.2. The van der Waals surface area contributed by atoms with Gasteiger partial charge in [0.2, 0.25) is 5.91 Å². The quantitative estimate of drug-likeness (QED) is 0.849. The van der Waals surface area contributed by atoms with Crippen molar-refractivity contribution < 1.29 is 4.79 Å². The van der Waals surface area contributed by atoms with E-state index in [1.54, 1.807) is 0 Å². The lowest BCUT2D eigenvalue weighted by molar-refractivity contribution is -0.136. The molecule has 21 heavy (non-hydrogen) atoms. The molecule has 0 aromatic heterocycles. The van der Waals surface area contributed by atoms with Crippen LogP contribution >= 0.6 is 0 Å². The second-order valence-corrected chi connectivity index (χ2v) is 6.69. The van der Waals surface area contributed by atoms with Crippen LogP contribution in [0.15, 0.2) is 30.3 Å². The number of piperazine rings is 1. The van der Waals surface area contributed by atoms with Crippen molar-refractivity contribution in [3.63, 3.8) is 0 Å². The first kappa shape index (κ1) is 14.6. The van der Waals surface area contributed by atoms with Gasteiger partial charge in [0.25, 0.3) is 0 Å². The van der Waals surface area contributed by atoms with Gasteiger partial charge in [-0.1, -0.05) is 30.3 Å². The molecule has 0 bridgehead atoms. The van der Waals surface area contributed by atoms with E-state index in [4.69, 9.17) is 0 Å². The molecule has 1 saturated carbocycles. The zero-order valence-electron chi connectivity index (χ0n) is 13.2. The Labute approximate surface area is 127 Å². The van der Waals surface area contributed by atoms with Crippen LogP contribution in [-0.2, 0) is 11.2 Å². The van der Waals surface area contributed by atoms with Crippen LogP contribution < -0.4 is 0 Å². The van der Waals surface area contributed by atoms with E-state index >= 15 is 0 Å². The van der Waals surface area contributed by atoms with Gasteiger partial charge in [0, 0.05) is 37.6 Å². The molecule has 2 atom stereocenters. The zero-order chi connectivity index (χ0) is 14.8. The van der Waals surface area contributed by atoms with Crippen molar-refractivity contribution in [1.82, 2.24) is 9.80 Å². The third-order valence-electron chi connectivity index (χ3n) is 4.84. The molecule has 3 nitrogen and oxygen atoms in total. The van der Waals surface area contributed by atoms with Gasteiger partial charge in [-0.3, -0.25) is 9.69 Å². The van der Waals surface area contributed by atoms with E-state index < -0.39 is 0 Å².